The van der Waals surface area contributed by atoms with Crippen LogP contribution in [0.15, 0.2) is 48.5 Å². The minimum atomic E-state index is -0.544. The van der Waals surface area contributed by atoms with E-state index in [1.54, 1.807) is 24.3 Å². The van der Waals surface area contributed by atoms with E-state index in [1.165, 1.54) is 35.2 Å². The molecule has 2 aromatic carbocycles. The van der Waals surface area contributed by atoms with Gasteiger partial charge in [-0.25, -0.2) is 9.18 Å². The van der Waals surface area contributed by atoms with Crippen LogP contribution in [0.3, 0.4) is 0 Å². The van der Waals surface area contributed by atoms with E-state index in [9.17, 15) is 14.0 Å². The Kier molecular flexibility index (Phi) is 6.21. The molecule has 1 aliphatic heterocycles. The molecule has 1 amide bonds. The quantitative estimate of drug-likeness (QED) is 0.580. The number of nitrogens with zero attached hydrogens (tertiary/aromatic N) is 1. The van der Waals surface area contributed by atoms with Crippen LogP contribution in [0.1, 0.15) is 15.9 Å². The lowest BCUT2D eigenvalue weighted by Crippen LogP contribution is -2.42. The zero-order valence-electron chi connectivity index (χ0n) is 14.4. The number of benzene rings is 2. The summed E-state index contributed by atoms with van der Waals surface area (Å²) in [6.07, 6.45) is 2.33. The summed E-state index contributed by atoms with van der Waals surface area (Å²) < 4.78 is 23.6. The molecule has 0 aromatic heterocycles. The number of morpholine rings is 1. The fourth-order valence-electron chi connectivity index (χ4n) is 2.52. The van der Waals surface area contributed by atoms with Gasteiger partial charge in [0.2, 0.25) is 0 Å². The first-order valence-electron chi connectivity index (χ1n) is 8.35. The fourth-order valence-corrected chi connectivity index (χ4v) is 2.70. The highest BCUT2D eigenvalue weighted by atomic mass is 35.5. The SMILES string of the molecule is O=C(C=Cc1ccc(F)cc1)c1cc(Cl)ccc1OC(=O)N1CCOCC1. The highest BCUT2D eigenvalue weighted by molar-refractivity contribution is 6.31. The van der Waals surface area contributed by atoms with E-state index in [4.69, 9.17) is 21.1 Å². The van der Waals surface area contributed by atoms with Crippen LogP contribution in [0.2, 0.25) is 5.02 Å². The Hall–Kier alpha value is -2.70. The molecule has 0 atom stereocenters. The molecule has 0 unspecified atom stereocenters. The second-order valence-electron chi connectivity index (χ2n) is 5.86. The summed E-state index contributed by atoms with van der Waals surface area (Å²) in [7, 11) is 0. The van der Waals surface area contributed by atoms with Crippen molar-refractivity contribution in [3.05, 3.63) is 70.5 Å². The number of ether oxygens (including phenoxy) is 2. The van der Waals surface area contributed by atoms with E-state index >= 15 is 0 Å². The molecule has 3 rings (SSSR count). The third-order valence-electron chi connectivity index (χ3n) is 3.97. The Labute approximate surface area is 160 Å². The summed E-state index contributed by atoms with van der Waals surface area (Å²) >= 11 is 6.00. The van der Waals surface area contributed by atoms with Gasteiger partial charge in [0.15, 0.2) is 5.78 Å². The Bertz CT molecular complexity index is 861. The lowest BCUT2D eigenvalue weighted by molar-refractivity contribution is 0.0415. The van der Waals surface area contributed by atoms with Gasteiger partial charge in [-0.3, -0.25) is 4.79 Å². The van der Waals surface area contributed by atoms with Crippen molar-refractivity contribution in [1.82, 2.24) is 4.90 Å². The molecule has 1 heterocycles. The monoisotopic (exact) mass is 389 g/mol. The summed E-state index contributed by atoms with van der Waals surface area (Å²) in [5, 5.41) is 0.347. The largest absolute Gasteiger partial charge is 0.415 e. The molecule has 1 aliphatic rings. The van der Waals surface area contributed by atoms with Crippen molar-refractivity contribution in [3.63, 3.8) is 0 Å². The molecule has 2 aromatic rings. The second-order valence-corrected chi connectivity index (χ2v) is 6.29. The van der Waals surface area contributed by atoms with E-state index < -0.39 is 6.09 Å². The van der Waals surface area contributed by atoms with Crippen LogP contribution >= 0.6 is 11.6 Å². The second kappa shape index (κ2) is 8.79. The standard InChI is InChI=1S/C20H17ClFNO4/c21-15-4-8-19(27-20(25)23-9-11-26-12-10-23)17(13-15)18(24)7-3-14-1-5-16(22)6-2-14/h1-8,13H,9-12H2. The fraction of sp³-hybridized carbons (Fsp3) is 0.200. The Morgan fingerprint density at radius 1 is 1.11 bits per heavy atom. The minimum absolute atomic E-state index is 0.129. The van der Waals surface area contributed by atoms with Crippen molar-refractivity contribution < 1.29 is 23.5 Å². The van der Waals surface area contributed by atoms with Crippen molar-refractivity contribution in [3.8, 4) is 5.75 Å². The van der Waals surface area contributed by atoms with Gasteiger partial charge in [-0.05, 0) is 42.0 Å². The Morgan fingerprint density at radius 2 is 1.81 bits per heavy atom. The van der Waals surface area contributed by atoms with Gasteiger partial charge in [0.1, 0.15) is 11.6 Å². The number of allylic oxidation sites excluding steroid dienone is 1. The van der Waals surface area contributed by atoms with E-state index in [0.717, 1.165) is 0 Å². The van der Waals surface area contributed by atoms with Gasteiger partial charge in [0.25, 0.3) is 0 Å². The van der Waals surface area contributed by atoms with E-state index in [-0.39, 0.29) is 22.9 Å². The number of carbonyl (C=O) groups is 2. The third kappa shape index (κ3) is 5.15. The molecule has 0 aliphatic carbocycles. The predicted molar refractivity (Wildman–Crippen MR) is 99.6 cm³/mol. The Morgan fingerprint density at radius 3 is 2.52 bits per heavy atom. The molecule has 1 fully saturated rings. The highest BCUT2D eigenvalue weighted by Gasteiger charge is 2.21. The summed E-state index contributed by atoms with van der Waals surface area (Å²) in [6.45, 7) is 1.75. The van der Waals surface area contributed by atoms with Gasteiger partial charge < -0.3 is 14.4 Å². The first-order valence-corrected chi connectivity index (χ1v) is 8.73. The van der Waals surface area contributed by atoms with Gasteiger partial charge in [-0.2, -0.15) is 0 Å². The number of halogens is 2. The Balaban J connectivity index is 1.77. The molecule has 0 radical (unpaired) electrons. The number of hydrogen-bond acceptors (Lipinski definition) is 4. The average molecular weight is 390 g/mol. The molecule has 27 heavy (non-hydrogen) atoms. The van der Waals surface area contributed by atoms with Gasteiger partial charge in [0.05, 0.1) is 18.8 Å². The van der Waals surface area contributed by atoms with Gasteiger partial charge in [-0.15, -0.1) is 0 Å². The smallest absolute Gasteiger partial charge is 0.409 e. The van der Waals surface area contributed by atoms with Gasteiger partial charge in [0, 0.05) is 18.1 Å². The van der Waals surface area contributed by atoms with E-state index in [1.807, 2.05) is 0 Å². The number of ketones is 1. The first kappa shape index (κ1) is 19.1. The lowest BCUT2D eigenvalue weighted by Gasteiger charge is -2.26. The van der Waals surface area contributed by atoms with Crippen molar-refractivity contribution in [1.29, 1.82) is 0 Å². The number of hydrogen-bond donors (Lipinski definition) is 0. The summed E-state index contributed by atoms with van der Waals surface area (Å²) in [4.78, 5) is 26.4. The summed E-state index contributed by atoms with van der Waals surface area (Å²) in [6, 6.07) is 10.2. The topological polar surface area (TPSA) is 55.8 Å². The molecule has 0 bridgehead atoms. The van der Waals surface area contributed by atoms with Crippen molar-refractivity contribution in [2.24, 2.45) is 0 Å². The zero-order chi connectivity index (χ0) is 19.2. The molecular weight excluding hydrogens is 373 g/mol. The maximum absolute atomic E-state index is 13.0. The molecule has 1 saturated heterocycles. The number of carbonyl (C=O) groups excluding carboxylic acids is 2. The molecule has 0 saturated carbocycles. The normalized spacial score (nSPS) is 14.4. The van der Waals surface area contributed by atoms with Crippen LogP contribution in [0.5, 0.6) is 5.75 Å². The molecule has 7 heteroatoms. The maximum Gasteiger partial charge on any atom is 0.415 e. The number of amides is 1. The van der Waals surface area contributed by atoms with Gasteiger partial charge in [-0.1, -0.05) is 29.8 Å². The minimum Gasteiger partial charge on any atom is -0.409 e. The lowest BCUT2D eigenvalue weighted by atomic mass is 10.1. The molecule has 0 spiro atoms. The van der Waals surface area contributed by atoms with E-state index in [0.29, 0.717) is 36.9 Å². The van der Waals surface area contributed by atoms with Crippen LogP contribution in [-0.2, 0) is 4.74 Å². The van der Waals surface area contributed by atoms with Crippen molar-refractivity contribution in [2.45, 2.75) is 0 Å². The molecule has 5 nitrogen and oxygen atoms in total. The van der Waals surface area contributed by atoms with Gasteiger partial charge >= 0.3 is 6.09 Å². The predicted octanol–water partition coefficient (Wildman–Crippen LogP) is 4.21. The number of rotatable bonds is 4. The van der Waals surface area contributed by atoms with Crippen LogP contribution in [-0.4, -0.2) is 43.1 Å². The molecule has 0 N–H and O–H groups in total. The van der Waals surface area contributed by atoms with Crippen LogP contribution in [0.4, 0.5) is 9.18 Å². The van der Waals surface area contributed by atoms with E-state index in [2.05, 4.69) is 0 Å². The summed E-state index contributed by atoms with van der Waals surface area (Å²) in [5.41, 5.74) is 0.834. The third-order valence-corrected chi connectivity index (χ3v) is 4.21. The highest BCUT2D eigenvalue weighted by Crippen LogP contribution is 2.25. The van der Waals surface area contributed by atoms with Crippen LogP contribution in [0, 0.1) is 5.82 Å². The van der Waals surface area contributed by atoms with Crippen molar-refractivity contribution >= 4 is 29.6 Å². The van der Waals surface area contributed by atoms with Crippen LogP contribution in [0.25, 0.3) is 6.08 Å². The molecule has 140 valence electrons. The first-order chi connectivity index (χ1) is 13.0. The average Bonchev–Trinajstić information content (AvgIpc) is 2.69. The molecular formula is C20H17ClFNO4. The summed E-state index contributed by atoms with van der Waals surface area (Å²) in [5.74, 6) is -0.609. The van der Waals surface area contributed by atoms with Crippen molar-refractivity contribution in [2.75, 3.05) is 26.3 Å². The zero-order valence-corrected chi connectivity index (χ0v) is 15.1. The van der Waals surface area contributed by atoms with Crippen LogP contribution < -0.4 is 4.74 Å². The maximum atomic E-state index is 13.0.